The van der Waals surface area contributed by atoms with Crippen molar-refractivity contribution in [3.63, 3.8) is 0 Å². The van der Waals surface area contributed by atoms with Crippen LogP contribution in [0.4, 0.5) is 5.69 Å². The number of anilines is 1. The Hall–Kier alpha value is -2.28. The lowest BCUT2D eigenvalue weighted by Gasteiger charge is -2.29. The number of halogens is 1. The number of piperazine rings is 1. The monoisotopic (exact) mass is 417 g/mol. The normalized spacial score (nSPS) is 20.6. The molecule has 0 atom stereocenters. The first-order chi connectivity index (χ1) is 14.1. The van der Waals surface area contributed by atoms with Crippen LogP contribution in [0.3, 0.4) is 0 Å². The zero-order valence-electron chi connectivity index (χ0n) is 16.7. The predicted octanol–water partition coefficient (Wildman–Crippen LogP) is 0.206. The average Bonchev–Trinajstić information content (AvgIpc) is 3.17. The fourth-order valence-electron chi connectivity index (χ4n) is 4.13. The molecule has 0 unspecified atom stereocenters. The fraction of sp³-hybridized carbons (Fsp3) is 0.409. The van der Waals surface area contributed by atoms with Crippen LogP contribution in [0.15, 0.2) is 36.4 Å². The quantitative estimate of drug-likeness (QED) is 0.629. The van der Waals surface area contributed by atoms with Crippen LogP contribution >= 0.6 is 11.6 Å². The first-order valence-electron chi connectivity index (χ1n) is 10.2. The van der Waals surface area contributed by atoms with Gasteiger partial charge in [0.25, 0.3) is 5.91 Å². The summed E-state index contributed by atoms with van der Waals surface area (Å²) in [7, 11) is 1.57. The molecule has 0 radical (unpaired) electrons. The lowest BCUT2D eigenvalue weighted by atomic mass is 10.1. The lowest BCUT2D eigenvalue weighted by Crippen LogP contribution is -3.28. The molecule has 2 aromatic rings. The number of quaternary nitrogens is 2. The summed E-state index contributed by atoms with van der Waals surface area (Å²) in [6.07, 6.45) is 1.02. The summed E-state index contributed by atoms with van der Waals surface area (Å²) in [5, 5.41) is 3.43. The van der Waals surface area contributed by atoms with Crippen LogP contribution < -0.4 is 24.6 Å². The highest BCUT2D eigenvalue weighted by molar-refractivity contribution is 6.32. The van der Waals surface area contributed by atoms with Gasteiger partial charge in [0.15, 0.2) is 6.54 Å². The Morgan fingerprint density at radius 2 is 1.93 bits per heavy atom. The summed E-state index contributed by atoms with van der Waals surface area (Å²) in [4.78, 5) is 15.3. The van der Waals surface area contributed by atoms with Crippen LogP contribution in [-0.2, 0) is 17.8 Å². The Morgan fingerprint density at radius 1 is 1.14 bits per heavy atom. The molecule has 2 aliphatic heterocycles. The third-order valence-electron chi connectivity index (χ3n) is 5.72. The number of hydrogen-bond donors (Lipinski definition) is 3. The molecule has 1 amide bonds. The Labute approximate surface area is 176 Å². The van der Waals surface area contributed by atoms with Crippen LogP contribution in [0, 0.1) is 0 Å². The van der Waals surface area contributed by atoms with E-state index in [9.17, 15) is 4.79 Å². The van der Waals surface area contributed by atoms with E-state index in [-0.39, 0.29) is 5.91 Å². The summed E-state index contributed by atoms with van der Waals surface area (Å²) in [5.74, 6) is 1.66. The molecule has 0 spiro atoms. The van der Waals surface area contributed by atoms with Crippen molar-refractivity contribution < 1.29 is 24.1 Å². The van der Waals surface area contributed by atoms with Crippen molar-refractivity contribution in [2.45, 2.75) is 13.0 Å². The largest absolute Gasteiger partial charge is 0.495 e. The zero-order valence-corrected chi connectivity index (χ0v) is 17.5. The van der Waals surface area contributed by atoms with Gasteiger partial charge in [-0.1, -0.05) is 11.6 Å². The minimum absolute atomic E-state index is 0.0169. The Balaban J connectivity index is 1.23. The van der Waals surface area contributed by atoms with Gasteiger partial charge in [0.2, 0.25) is 0 Å². The third-order valence-corrected chi connectivity index (χ3v) is 6.01. The SMILES string of the molecule is COc1ccc(NC(=O)C[NH+]2CC[NH+](Cc3ccc4c(c3)CCO4)CC2)cc1Cl. The van der Waals surface area contributed by atoms with Gasteiger partial charge < -0.3 is 24.6 Å². The first kappa shape index (κ1) is 20.0. The topological polar surface area (TPSA) is 56.4 Å². The number of ether oxygens (including phenoxy) is 2. The van der Waals surface area contributed by atoms with E-state index in [0.29, 0.717) is 23.0 Å². The van der Waals surface area contributed by atoms with Gasteiger partial charge in [-0.05, 0) is 42.0 Å². The standard InChI is InChI=1S/C22H26ClN3O3/c1-28-21-5-3-18(13-19(21)23)24-22(27)15-26-9-7-25(8-10-26)14-16-2-4-20-17(12-16)6-11-29-20/h2-5,12-13H,6-11,14-15H2,1H3,(H,24,27)/p+2. The zero-order chi connectivity index (χ0) is 20.2. The summed E-state index contributed by atoms with van der Waals surface area (Å²) < 4.78 is 10.7. The maximum Gasteiger partial charge on any atom is 0.279 e. The summed E-state index contributed by atoms with van der Waals surface area (Å²) in [5.41, 5.74) is 3.41. The number of amides is 1. The Morgan fingerprint density at radius 3 is 2.69 bits per heavy atom. The molecule has 1 saturated heterocycles. The van der Waals surface area contributed by atoms with Crippen molar-refractivity contribution in [2.24, 2.45) is 0 Å². The highest BCUT2D eigenvalue weighted by Crippen LogP contribution is 2.27. The first-order valence-corrected chi connectivity index (χ1v) is 10.5. The molecule has 0 aliphatic carbocycles. The maximum atomic E-state index is 12.4. The highest BCUT2D eigenvalue weighted by atomic mass is 35.5. The molecule has 0 bridgehead atoms. The number of hydrogen-bond acceptors (Lipinski definition) is 3. The molecule has 2 aliphatic rings. The minimum atomic E-state index is 0.0169. The van der Waals surface area contributed by atoms with Crippen molar-refractivity contribution >= 4 is 23.2 Å². The van der Waals surface area contributed by atoms with E-state index in [1.165, 1.54) is 16.0 Å². The average molecular weight is 418 g/mol. The van der Waals surface area contributed by atoms with Gasteiger partial charge in [0.05, 0.1) is 18.7 Å². The molecule has 0 aromatic heterocycles. The lowest BCUT2D eigenvalue weighted by molar-refractivity contribution is -1.02. The predicted molar refractivity (Wildman–Crippen MR) is 112 cm³/mol. The van der Waals surface area contributed by atoms with E-state index in [1.54, 1.807) is 24.1 Å². The van der Waals surface area contributed by atoms with Crippen LogP contribution in [0.1, 0.15) is 11.1 Å². The molecule has 154 valence electrons. The number of nitrogens with one attached hydrogen (secondary N) is 3. The minimum Gasteiger partial charge on any atom is -0.495 e. The van der Waals surface area contributed by atoms with Crippen LogP contribution in [0.5, 0.6) is 11.5 Å². The molecule has 29 heavy (non-hydrogen) atoms. The number of fused-ring (bicyclic) bond motifs is 1. The van der Waals surface area contributed by atoms with E-state index in [2.05, 4.69) is 23.5 Å². The van der Waals surface area contributed by atoms with Crippen molar-refractivity contribution in [1.29, 1.82) is 0 Å². The van der Waals surface area contributed by atoms with Crippen LogP contribution in [0.25, 0.3) is 0 Å². The van der Waals surface area contributed by atoms with Gasteiger partial charge in [0, 0.05) is 17.7 Å². The van der Waals surface area contributed by atoms with E-state index in [4.69, 9.17) is 21.1 Å². The smallest absolute Gasteiger partial charge is 0.279 e. The van der Waals surface area contributed by atoms with Gasteiger partial charge in [-0.3, -0.25) is 4.79 Å². The molecular weight excluding hydrogens is 390 g/mol. The van der Waals surface area contributed by atoms with Crippen molar-refractivity contribution in [3.8, 4) is 11.5 Å². The van der Waals surface area contributed by atoms with Crippen LogP contribution in [-0.4, -0.2) is 52.3 Å². The fourth-order valence-corrected chi connectivity index (χ4v) is 4.38. The van der Waals surface area contributed by atoms with Gasteiger partial charge >= 0.3 is 0 Å². The number of benzene rings is 2. The number of carbonyl (C=O) groups excluding carboxylic acids is 1. The summed E-state index contributed by atoms with van der Waals surface area (Å²) >= 11 is 6.13. The molecule has 2 heterocycles. The summed E-state index contributed by atoms with van der Waals surface area (Å²) in [6.45, 7) is 6.47. The Kier molecular flexibility index (Phi) is 6.23. The summed E-state index contributed by atoms with van der Waals surface area (Å²) in [6, 6.07) is 11.9. The molecule has 6 nitrogen and oxygen atoms in total. The van der Waals surface area contributed by atoms with Gasteiger partial charge in [-0.25, -0.2) is 0 Å². The molecule has 3 N–H and O–H groups in total. The van der Waals surface area contributed by atoms with Crippen molar-refractivity contribution in [1.82, 2.24) is 0 Å². The second-order valence-electron chi connectivity index (χ2n) is 7.79. The Bertz CT molecular complexity index is 882. The number of carbonyl (C=O) groups is 1. The second-order valence-corrected chi connectivity index (χ2v) is 8.20. The number of methoxy groups -OCH3 is 1. The van der Waals surface area contributed by atoms with Crippen LogP contribution in [0.2, 0.25) is 5.02 Å². The van der Waals surface area contributed by atoms with Crippen molar-refractivity contribution in [2.75, 3.05) is 51.8 Å². The molecule has 7 heteroatoms. The second kappa shape index (κ2) is 9.03. The van der Waals surface area contributed by atoms with Gasteiger partial charge in [-0.2, -0.15) is 0 Å². The molecule has 0 saturated carbocycles. The molecular formula is C22H28ClN3O3+2. The van der Waals surface area contributed by atoms with E-state index in [0.717, 1.165) is 51.5 Å². The van der Waals surface area contributed by atoms with E-state index >= 15 is 0 Å². The molecule has 4 rings (SSSR count). The highest BCUT2D eigenvalue weighted by Gasteiger charge is 2.25. The maximum absolute atomic E-state index is 12.4. The molecule has 2 aromatic carbocycles. The van der Waals surface area contributed by atoms with E-state index in [1.807, 2.05) is 6.07 Å². The van der Waals surface area contributed by atoms with Gasteiger partial charge in [0.1, 0.15) is 44.2 Å². The molecule has 1 fully saturated rings. The van der Waals surface area contributed by atoms with Crippen molar-refractivity contribution in [3.05, 3.63) is 52.5 Å². The third kappa shape index (κ3) is 5.01. The number of rotatable bonds is 6. The van der Waals surface area contributed by atoms with Gasteiger partial charge in [-0.15, -0.1) is 0 Å². The van der Waals surface area contributed by atoms with E-state index < -0.39 is 0 Å².